The lowest BCUT2D eigenvalue weighted by Crippen LogP contribution is -2.25. The first kappa shape index (κ1) is 17.1. The molecule has 2 aromatic carbocycles. The summed E-state index contributed by atoms with van der Waals surface area (Å²) in [6.45, 7) is 5.48. The Morgan fingerprint density at radius 3 is 2.36 bits per heavy atom. The first-order chi connectivity index (χ1) is 11.9. The zero-order valence-corrected chi connectivity index (χ0v) is 15.0. The molecule has 0 radical (unpaired) electrons. The molecule has 0 saturated heterocycles. The van der Waals surface area contributed by atoms with Gasteiger partial charge in [0.15, 0.2) is 4.80 Å². The largest absolute Gasteiger partial charge is 0.480 e. The first-order valence-corrected chi connectivity index (χ1v) is 8.68. The number of carboxylic acids is 1. The van der Waals surface area contributed by atoms with Crippen LogP contribution in [0.3, 0.4) is 0 Å². The van der Waals surface area contributed by atoms with Crippen LogP contribution in [0.2, 0.25) is 0 Å². The maximum atomic E-state index is 12.5. The van der Waals surface area contributed by atoms with E-state index in [-0.39, 0.29) is 5.91 Å². The number of nitrogens with zero attached hydrogens (tertiary/aromatic N) is 2. The van der Waals surface area contributed by atoms with Crippen molar-refractivity contribution in [3.8, 4) is 0 Å². The summed E-state index contributed by atoms with van der Waals surface area (Å²) in [4.78, 5) is 28.6. The summed E-state index contributed by atoms with van der Waals surface area (Å²) < 4.78 is 2.51. The van der Waals surface area contributed by atoms with Gasteiger partial charge in [-0.05, 0) is 50.6 Å². The molecule has 0 aliphatic rings. The third-order valence-corrected chi connectivity index (χ3v) is 5.06. The zero-order valence-electron chi connectivity index (χ0n) is 14.2. The van der Waals surface area contributed by atoms with Gasteiger partial charge in [-0.2, -0.15) is 4.99 Å². The summed E-state index contributed by atoms with van der Waals surface area (Å²) in [6, 6.07) is 12.1. The number of carbonyl (C=O) groups excluding carboxylic acids is 1. The number of rotatable bonds is 3. The van der Waals surface area contributed by atoms with Gasteiger partial charge in [-0.1, -0.05) is 35.1 Å². The van der Waals surface area contributed by atoms with Crippen LogP contribution in [-0.4, -0.2) is 21.6 Å². The van der Waals surface area contributed by atoms with Crippen LogP contribution in [0.15, 0.2) is 47.5 Å². The molecular formula is C19H18N2O3S. The average Bonchev–Trinajstić information content (AvgIpc) is 2.91. The molecule has 0 aliphatic carbocycles. The van der Waals surface area contributed by atoms with E-state index in [9.17, 15) is 14.7 Å². The number of carboxylic acid groups (broad SMARTS) is 1. The highest BCUT2D eigenvalue weighted by Gasteiger charge is 2.19. The van der Waals surface area contributed by atoms with Crippen molar-refractivity contribution in [2.24, 2.45) is 4.99 Å². The molecule has 1 unspecified atom stereocenters. The van der Waals surface area contributed by atoms with Crippen molar-refractivity contribution in [2.45, 2.75) is 26.8 Å². The van der Waals surface area contributed by atoms with Gasteiger partial charge in [-0.3, -0.25) is 4.79 Å². The molecule has 128 valence electrons. The predicted octanol–water partition coefficient (Wildman–Crippen LogP) is 3.71. The molecule has 0 saturated carbocycles. The highest BCUT2D eigenvalue weighted by atomic mass is 32.1. The topological polar surface area (TPSA) is 71.7 Å². The molecule has 1 N–H and O–H groups in total. The fraction of sp³-hybridized carbons (Fsp3) is 0.211. The van der Waals surface area contributed by atoms with Crippen LogP contribution >= 0.6 is 11.3 Å². The second kappa shape index (κ2) is 6.64. The minimum absolute atomic E-state index is 0.380. The number of carbonyl (C=O) groups is 2. The number of aliphatic carboxylic acids is 1. The van der Waals surface area contributed by atoms with Gasteiger partial charge < -0.3 is 9.67 Å². The molecule has 1 aromatic heterocycles. The molecule has 5 nitrogen and oxygen atoms in total. The molecule has 6 heteroatoms. The molecular weight excluding hydrogens is 336 g/mol. The predicted molar refractivity (Wildman–Crippen MR) is 98.0 cm³/mol. The standard InChI is InChI=1S/C19H18N2O3S/c1-11-4-7-14(8-5-11)17(22)20-19-21(13(3)18(23)24)15-10-12(2)6-9-16(15)25-19/h4-10,13H,1-3H3,(H,23,24)/b20-19-. The van der Waals surface area contributed by atoms with Gasteiger partial charge in [0.1, 0.15) is 6.04 Å². The van der Waals surface area contributed by atoms with Gasteiger partial charge in [0, 0.05) is 5.56 Å². The third-order valence-electron chi connectivity index (χ3n) is 4.02. The Bertz CT molecular complexity index is 1030. The molecule has 0 bridgehead atoms. The summed E-state index contributed by atoms with van der Waals surface area (Å²) in [5.41, 5.74) is 3.33. The number of aromatic nitrogens is 1. The van der Waals surface area contributed by atoms with Gasteiger partial charge in [-0.25, -0.2) is 4.79 Å². The fourth-order valence-corrected chi connectivity index (χ4v) is 3.64. The van der Waals surface area contributed by atoms with Crippen molar-refractivity contribution in [1.82, 2.24) is 4.57 Å². The number of hydrogen-bond donors (Lipinski definition) is 1. The van der Waals surface area contributed by atoms with E-state index in [4.69, 9.17) is 0 Å². The summed E-state index contributed by atoms with van der Waals surface area (Å²) in [7, 11) is 0. The third kappa shape index (κ3) is 3.39. The van der Waals surface area contributed by atoms with Gasteiger partial charge >= 0.3 is 5.97 Å². The molecule has 0 aliphatic heterocycles. The number of aryl methyl sites for hydroxylation is 2. The molecule has 3 aromatic rings. The van der Waals surface area contributed by atoms with E-state index in [0.29, 0.717) is 10.4 Å². The minimum atomic E-state index is -0.967. The summed E-state index contributed by atoms with van der Waals surface area (Å²) in [6.07, 6.45) is 0. The molecule has 3 rings (SSSR count). The van der Waals surface area contributed by atoms with Crippen molar-refractivity contribution in [3.05, 3.63) is 64.0 Å². The van der Waals surface area contributed by atoms with Crippen LogP contribution in [0.5, 0.6) is 0 Å². The van der Waals surface area contributed by atoms with Crippen LogP contribution in [0, 0.1) is 13.8 Å². The monoisotopic (exact) mass is 354 g/mol. The normalized spacial score (nSPS) is 13.2. The smallest absolute Gasteiger partial charge is 0.326 e. The maximum Gasteiger partial charge on any atom is 0.326 e. The average molecular weight is 354 g/mol. The Morgan fingerprint density at radius 2 is 1.72 bits per heavy atom. The summed E-state index contributed by atoms with van der Waals surface area (Å²) >= 11 is 1.32. The maximum absolute atomic E-state index is 12.5. The molecule has 0 fully saturated rings. The fourth-order valence-electron chi connectivity index (χ4n) is 2.56. The minimum Gasteiger partial charge on any atom is -0.480 e. The summed E-state index contributed by atoms with van der Waals surface area (Å²) in [5.74, 6) is -1.35. The lowest BCUT2D eigenvalue weighted by atomic mass is 10.1. The molecule has 0 spiro atoms. The number of hydrogen-bond acceptors (Lipinski definition) is 3. The van der Waals surface area contributed by atoms with Gasteiger partial charge in [-0.15, -0.1) is 0 Å². The number of amides is 1. The van der Waals surface area contributed by atoms with E-state index < -0.39 is 12.0 Å². The van der Waals surface area contributed by atoms with Gasteiger partial charge in [0.25, 0.3) is 5.91 Å². The van der Waals surface area contributed by atoms with E-state index in [1.165, 1.54) is 11.3 Å². The number of benzene rings is 2. The van der Waals surface area contributed by atoms with Crippen LogP contribution in [-0.2, 0) is 4.79 Å². The van der Waals surface area contributed by atoms with Crippen molar-refractivity contribution in [1.29, 1.82) is 0 Å². The second-order valence-corrected chi connectivity index (χ2v) is 7.03. The molecule has 1 amide bonds. The van der Waals surface area contributed by atoms with Crippen molar-refractivity contribution in [3.63, 3.8) is 0 Å². The molecule has 1 heterocycles. The Labute approximate surface area is 148 Å². The molecule has 1 atom stereocenters. The van der Waals surface area contributed by atoms with Crippen LogP contribution in [0.1, 0.15) is 34.5 Å². The van der Waals surface area contributed by atoms with E-state index in [2.05, 4.69) is 4.99 Å². The van der Waals surface area contributed by atoms with Crippen LogP contribution < -0.4 is 4.80 Å². The zero-order chi connectivity index (χ0) is 18.1. The summed E-state index contributed by atoms with van der Waals surface area (Å²) in [5, 5.41) is 9.45. The van der Waals surface area contributed by atoms with Crippen molar-refractivity contribution in [2.75, 3.05) is 0 Å². The van der Waals surface area contributed by atoms with Crippen LogP contribution in [0.25, 0.3) is 10.2 Å². The van der Waals surface area contributed by atoms with Crippen molar-refractivity contribution >= 4 is 33.4 Å². The van der Waals surface area contributed by atoms with Crippen molar-refractivity contribution < 1.29 is 14.7 Å². The molecule has 25 heavy (non-hydrogen) atoms. The van der Waals surface area contributed by atoms with E-state index in [0.717, 1.165) is 21.3 Å². The Balaban J connectivity index is 2.20. The number of thiazole rings is 1. The Morgan fingerprint density at radius 1 is 1.08 bits per heavy atom. The number of fused-ring (bicyclic) bond motifs is 1. The highest BCUT2D eigenvalue weighted by molar-refractivity contribution is 7.16. The highest BCUT2D eigenvalue weighted by Crippen LogP contribution is 2.22. The second-order valence-electron chi connectivity index (χ2n) is 6.02. The van der Waals surface area contributed by atoms with E-state index >= 15 is 0 Å². The lowest BCUT2D eigenvalue weighted by molar-refractivity contribution is -0.140. The van der Waals surface area contributed by atoms with Crippen LogP contribution in [0.4, 0.5) is 0 Å². The van der Waals surface area contributed by atoms with E-state index in [1.807, 2.05) is 44.2 Å². The Hall–Kier alpha value is -2.73. The Kier molecular flexibility index (Phi) is 4.55. The van der Waals surface area contributed by atoms with Gasteiger partial charge in [0.05, 0.1) is 10.2 Å². The SMILES string of the molecule is Cc1ccc(C(=O)/N=c2\sc3ccc(C)cc3n2C(C)C(=O)O)cc1. The van der Waals surface area contributed by atoms with Gasteiger partial charge in [0.2, 0.25) is 0 Å². The van der Waals surface area contributed by atoms with E-state index in [1.54, 1.807) is 23.6 Å². The lowest BCUT2D eigenvalue weighted by Gasteiger charge is -2.10. The quantitative estimate of drug-likeness (QED) is 0.779. The first-order valence-electron chi connectivity index (χ1n) is 7.87.